The molecule has 0 aliphatic rings. The lowest BCUT2D eigenvalue weighted by Crippen LogP contribution is -2.11. The smallest absolute Gasteiger partial charge is 0.224 e. The van der Waals surface area contributed by atoms with E-state index in [4.69, 9.17) is 11.6 Å². The van der Waals surface area contributed by atoms with Crippen molar-refractivity contribution in [3.05, 3.63) is 28.8 Å². The Hall–Kier alpha value is -1.02. The maximum Gasteiger partial charge on any atom is 0.224 e. The zero-order valence-electron chi connectivity index (χ0n) is 11.3. The van der Waals surface area contributed by atoms with E-state index in [2.05, 4.69) is 12.2 Å². The molecule has 0 bridgehead atoms. The Morgan fingerprint density at radius 1 is 1.22 bits per heavy atom. The summed E-state index contributed by atoms with van der Waals surface area (Å²) in [5.41, 5.74) is 1.80. The molecule has 0 radical (unpaired) electrons. The third-order valence-corrected chi connectivity index (χ3v) is 3.22. The molecule has 0 spiro atoms. The third-order valence-electron chi connectivity index (χ3n) is 2.91. The summed E-state index contributed by atoms with van der Waals surface area (Å²) in [7, 11) is 0. The molecule has 1 aromatic rings. The van der Waals surface area contributed by atoms with Gasteiger partial charge in [0.2, 0.25) is 5.91 Å². The lowest BCUT2D eigenvalue weighted by Gasteiger charge is -2.07. The minimum Gasteiger partial charge on any atom is -0.325 e. The van der Waals surface area contributed by atoms with Crippen LogP contribution in [-0.4, -0.2) is 5.91 Å². The molecule has 0 fully saturated rings. The second kappa shape index (κ2) is 8.15. The average molecular weight is 268 g/mol. The molecule has 0 saturated heterocycles. The van der Waals surface area contributed by atoms with Crippen LogP contribution in [-0.2, 0) is 4.79 Å². The van der Waals surface area contributed by atoms with Crippen molar-refractivity contribution in [2.24, 2.45) is 0 Å². The molecule has 3 heteroatoms. The Bertz CT molecular complexity index is 390. The SMILES string of the molecule is CCCCCCCC(=O)Nc1ccc(C)cc1Cl. The van der Waals surface area contributed by atoms with Crippen LogP contribution in [0.15, 0.2) is 18.2 Å². The predicted molar refractivity (Wildman–Crippen MR) is 78.2 cm³/mol. The van der Waals surface area contributed by atoms with Gasteiger partial charge in [-0.15, -0.1) is 0 Å². The molecule has 0 aliphatic carbocycles. The number of benzene rings is 1. The Balaban J connectivity index is 2.31. The van der Waals surface area contributed by atoms with Gasteiger partial charge >= 0.3 is 0 Å². The van der Waals surface area contributed by atoms with E-state index in [0.29, 0.717) is 17.1 Å². The Kier molecular flexibility index (Phi) is 6.81. The maximum atomic E-state index is 11.7. The third kappa shape index (κ3) is 5.54. The first-order chi connectivity index (χ1) is 8.63. The summed E-state index contributed by atoms with van der Waals surface area (Å²) in [5, 5.41) is 3.46. The Labute approximate surface area is 115 Å². The van der Waals surface area contributed by atoms with Crippen molar-refractivity contribution in [2.75, 3.05) is 5.32 Å². The van der Waals surface area contributed by atoms with E-state index in [9.17, 15) is 4.79 Å². The van der Waals surface area contributed by atoms with Crippen LogP contribution in [0, 0.1) is 6.92 Å². The number of aryl methyl sites for hydroxylation is 1. The standard InChI is InChI=1S/C15H22ClNO/c1-3-4-5-6-7-8-15(18)17-14-10-9-12(2)11-13(14)16/h9-11H,3-8H2,1-2H3,(H,17,18). The molecule has 0 unspecified atom stereocenters. The van der Waals surface area contributed by atoms with Gasteiger partial charge < -0.3 is 5.32 Å². The van der Waals surface area contributed by atoms with Crippen molar-refractivity contribution in [3.63, 3.8) is 0 Å². The summed E-state index contributed by atoms with van der Waals surface area (Å²) in [4.78, 5) is 11.7. The summed E-state index contributed by atoms with van der Waals surface area (Å²) in [6, 6.07) is 5.66. The van der Waals surface area contributed by atoms with Gasteiger partial charge in [0, 0.05) is 6.42 Å². The van der Waals surface area contributed by atoms with Crippen LogP contribution in [0.1, 0.15) is 51.0 Å². The highest BCUT2D eigenvalue weighted by molar-refractivity contribution is 6.33. The summed E-state index contributed by atoms with van der Waals surface area (Å²) in [6.45, 7) is 4.16. The highest BCUT2D eigenvalue weighted by atomic mass is 35.5. The van der Waals surface area contributed by atoms with Crippen molar-refractivity contribution >= 4 is 23.2 Å². The van der Waals surface area contributed by atoms with Gasteiger partial charge in [-0.1, -0.05) is 50.3 Å². The van der Waals surface area contributed by atoms with Crippen molar-refractivity contribution in [1.29, 1.82) is 0 Å². The van der Waals surface area contributed by atoms with Gasteiger partial charge in [0.05, 0.1) is 10.7 Å². The second-order valence-electron chi connectivity index (χ2n) is 4.70. The molecule has 0 heterocycles. The number of amides is 1. The van der Waals surface area contributed by atoms with E-state index >= 15 is 0 Å². The quantitative estimate of drug-likeness (QED) is 0.696. The minimum atomic E-state index is 0.0530. The molecule has 0 aliphatic heterocycles. The molecule has 2 nitrogen and oxygen atoms in total. The van der Waals surface area contributed by atoms with E-state index in [1.807, 2.05) is 25.1 Å². The largest absolute Gasteiger partial charge is 0.325 e. The van der Waals surface area contributed by atoms with Gasteiger partial charge in [0.25, 0.3) is 0 Å². The van der Waals surface area contributed by atoms with Crippen LogP contribution >= 0.6 is 11.6 Å². The predicted octanol–water partition coefficient (Wildman–Crippen LogP) is 4.95. The number of rotatable bonds is 7. The van der Waals surface area contributed by atoms with Crippen LogP contribution in [0.4, 0.5) is 5.69 Å². The van der Waals surface area contributed by atoms with Gasteiger partial charge in [0.1, 0.15) is 0 Å². The molecular weight excluding hydrogens is 246 g/mol. The minimum absolute atomic E-state index is 0.0530. The van der Waals surface area contributed by atoms with Crippen LogP contribution in [0.5, 0.6) is 0 Å². The van der Waals surface area contributed by atoms with Gasteiger partial charge in [-0.05, 0) is 31.0 Å². The summed E-state index contributed by atoms with van der Waals surface area (Å²) in [6.07, 6.45) is 6.36. The summed E-state index contributed by atoms with van der Waals surface area (Å²) >= 11 is 6.06. The van der Waals surface area contributed by atoms with Gasteiger partial charge in [-0.2, -0.15) is 0 Å². The Morgan fingerprint density at radius 2 is 1.94 bits per heavy atom. The first kappa shape index (κ1) is 15.0. The van der Waals surface area contributed by atoms with Gasteiger partial charge in [-0.25, -0.2) is 0 Å². The first-order valence-electron chi connectivity index (χ1n) is 6.69. The van der Waals surface area contributed by atoms with Crippen molar-refractivity contribution in [1.82, 2.24) is 0 Å². The molecule has 0 saturated carbocycles. The van der Waals surface area contributed by atoms with Gasteiger partial charge in [0.15, 0.2) is 0 Å². The number of unbranched alkanes of at least 4 members (excludes halogenated alkanes) is 4. The summed E-state index contributed by atoms with van der Waals surface area (Å²) in [5.74, 6) is 0.0530. The average Bonchev–Trinajstić information content (AvgIpc) is 2.32. The number of hydrogen-bond donors (Lipinski definition) is 1. The zero-order valence-corrected chi connectivity index (χ0v) is 12.0. The molecule has 1 N–H and O–H groups in total. The highest BCUT2D eigenvalue weighted by Crippen LogP contribution is 2.22. The molecule has 18 heavy (non-hydrogen) atoms. The molecule has 1 aromatic carbocycles. The number of hydrogen-bond acceptors (Lipinski definition) is 1. The molecular formula is C15H22ClNO. The maximum absolute atomic E-state index is 11.7. The fourth-order valence-corrected chi connectivity index (χ4v) is 2.11. The monoisotopic (exact) mass is 267 g/mol. The van der Waals surface area contributed by atoms with E-state index in [1.165, 1.54) is 19.3 Å². The fraction of sp³-hybridized carbons (Fsp3) is 0.533. The number of carbonyl (C=O) groups excluding carboxylic acids is 1. The summed E-state index contributed by atoms with van der Waals surface area (Å²) < 4.78 is 0. The van der Waals surface area contributed by atoms with Crippen LogP contribution in [0.2, 0.25) is 5.02 Å². The normalized spacial score (nSPS) is 10.4. The molecule has 0 aromatic heterocycles. The van der Waals surface area contributed by atoms with Crippen LogP contribution in [0.3, 0.4) is 0 Å². The highest BCUT2D eigenvalue weighted by Gasteiger charge is 2.05. The topological polar surface area (TPSA) is 29.1 Å². The fourth-order valence-electron chi connectivity index (χ4n) is 1.82. The molecule has 100 valence electrons. The van der Waals surface area contributed by atoms with E-state index < -0.39 is 0 Å². The van der Waals surface area contributed by atoms with E-state index in [1.54, 1.807) is 0 Å². The number of anilines is 1. The van der Waals surface area contributed by atoms with Crippen LogP contribution in [0.25, 0.3) is 0 Å². The number of nitrogens with one attached hydrogen (secondary N) is 1. The number of halogens is 1. The molecule has 0 atom stereocenters. The Morgan fingerprint density at radius 3 is 2.61 bits per heavy atom. The van der Waals surface area contributed by atoms with Crippen molar-refractivity contribution in [3.8, 4) is 0 Å². The lowest BCUT2D eigenvalue weighted by atomic mass is 10.1. The van der Waals surface area contributed by atoms with E-state index in [-0.39, 0.29) is 5.91 Å². The van der Waals surface area contributed by atoms with Gasteiger partial charge in [-0.3, -0.25) is 4.79 Å². The number of carbonyl (C=O) groups is 1. The van der Waals surface area contributed by atoms with Crippen molar-refractivity contribution in [2.45, 2.75) is 52.4 Å². The first-order valence-corrected chi connectivity index (χ1v) is 7.07. The lowest BCUT2D eigenvalue weighted by molar-refractivity contribution is -0.116. The van der Waals surface area contributed by atoms with E-state index in [0.717, 1.165) is 18.4 Å². The molecule has 1 amide bonds. The van der Waals surface area contributed by atoms with Crippen molar-refractivity contribution < 1.29 is 4.79 Å². The second-order valence-corrected chi connectivity index (χ2v) is 5.10. The zero-order chi connectivity index (χ0) is 13.4. The van der Waals surface area contributed by atoms with Crippen LogP contribution < -0.4 is 5.32 Å². The molecule has 1 rings (SSSR count).